The molecule has 0 saturated carbocycles. The summed E-state index contributed by atoms with van der Waals surface area (Å²) in [5, 5.41) is 9.80. The Bertz CT molecular complexity index is 773. The van der Waals surface area contributed by atoms with E-state index in [4.69, 9.17) is 21.1 Å². The van der Waals surface area contributed by atoms with Crippen LogP contribution in [0.4, 0.5) is 4.39 Å². The molecule has 1 atom stereocenters. The molecule has 3 rings (SSSR count). The summed E-state index contributed by atoms with van der Waals surface area (Å²) in [6, 6.07) is 8.54. The highest BCUT2D eigenvalue weighted by molar-refractivity contribution is 6.31. The monoisotopic (exact) mass is 350 g/mol. The van der Waals surface area contributed by atoms with Crippen molar-refractivity contribution in [2.75, 3.05) is 0 Å². The van der Waals surface area contributed by atoms with Crippen LogP contribution in [0, 0.1) is 5.82 Å². The molecule has 0 bridgehead atoms. The molecule has 1 unspecified atom stereocenters. The van der Waals surface area contributed by atoms with Crippen LogP contribution in [-0.2, 0) is 17.8 Å². The first-order valence-corrected chi connectivity index (χ1v) is 8.30. The molecule has 2 aromatic carbocycles. The van der Waals surface area contributed by atoms with Gasteiger partial charge in [0.15, 0.2) is 0 Å². The Morgan fingerprint density at radius 1 is 1.25 bits per heavy atom. The lowest BCUT2D eigenvalue weighted by atomic mass is 9.96. The highest BCUT2D eigenvalue weighted by Gasteiger charge is 2.37. The Kier molecular flexibility index (Phi) is 4.56. The summed E-state index contributed by atoms with van der Waals surface area (Å²) in [6.07, 6.45) is 0.0908. The average Bonchev–Trinajstić information content (AvgIpc) is 2.52. The van der Waals surface area contributed by atoms with Crippen molar-refractivity contribution in [3.8, 4) is 5.75 Å². The third-order valence-corrected chi connectivity index (χ3v) is 4.43. The van der Waals surface area contributed by atoms with Crippen molar-refractivity contribution in [3.63, 3.8) is 0 Å². The lowest BCUT2D eigenvalue weighted by Gasteiger charge is -2.38. The molecule has 128 valence electrons. The van der Waals surface area contributed by atoms with Crippen LogP contribution in [0.2, 0.25) is 5.02 Å². The van der Waals surface area contributed by atoms with Crippen molar-refractivity contribution in [2.45, 2.75) is 45.7 Å². The summed E-state index contributed by atoms with van der Waals surface area (Å²) in [5.74, 6) is -0.602. The molecule has 0 aliphatic carbocycles. The lowest BCUT2D eigenvalue weighted by Crippen LogP contribution is -2.38. The maximum atomic E-state index is 14.2. The fraction of sp³-hybridized carbons (Fsp3) is 0.368. The topological polar surface area (TPSA) is 38.7 Å². The van der Waals surface area contributed by atoms with Gasteiger partial charge >= 0.3 is 0 Å². The fourth-order valence-corrected chi connectivity index (χ4v) is 3.29. The Morgan fingerprint density at radius 2 is 2.00 bits per heavy atom. The molecule has 0 fully saturated rings. The second-order valence-corrected chi connectivity index (χ2v) is 6.76. The zero-order valence-corrected chi connectivity index (χ0v) is 14.7. The Labute approximate surface area is 146 Å². The van der Waals surface area contributed by atoms with Gasteiger partial charge in [0.1, 0.15) is 17.7 Å². The van der Waals surface area contributed by atoms with Gasteiger partial charge in [0.25, 0.3) is 0 Å². The van der Waals surface area contributed by atoms with Gasteiger partial charge in [-0.2, -0.15) is 0 Å². The van der Waals surface area contributed by atoms with E-state index in [1.807, 2.05) is 13.0 Å². The number of fused-ring (bicyclic) bond motifs is 1. The van der Waals surface area contributed by atoms with Crippen molar-refractivity contribution in [2.24, 2.45) is 0 Å². The minimum absolute atomic E-state index is 0.137. The standard InChI is InChI=1S/C19H20ClFO3/c1-4-12-5-6-13(9-15(12)21)18-17-14(20)7-11(10-22)8-16(17)23-19(2,3)24-18/h5-9,18,22H,4,10H2,1-3H3. The summed E-state index contributed by atoms with van der Waals surface area (Å²) in [7, 11) is 0. The number of hydrogen-bond acceptors (Lipinski definition) is 3. The maximum Gasteiger partial charge on any atom is 0.205 e. The Balaban J connectivity index is 2.14. The number of rotatable bonds is 3. The van der Waals surface area contributed by atoms with Crippen LogP contribution in [-0.4, -0.2) is 10.9 Å². The molecular weight excluding hydrogens is 331 g/mol. The zero-order valence-electron chi connectivity index (χ0n) is 13.9. The summed E-state index contributed by atoms with van der Waals surface area (Å²) < 4.78 is 26.1. The van der Waals surface area contributed by atoms with Gasteiger partial charge in [0.05, 0.1) is 11.6 Å². The molecule has 24 heavy (non-hydrogen) atoms. The molecule has 0 spiro atoms. The van der Waals surface area contributed by atoms with E-state index in [0.29, 0.717) is 39.4 Å². The fourth-order valence-electron chi connectivity index (χ4n) is 2.96. The maximum absolute atomic E-state index is 14.2. The number of ether oxygens (including phenoxy) is 2. The van der Waals surface area contributed by atoms with Gasteiger partial charge < -0.3 is 14.6 Å². The normalized spacial score (nSPS) is 18.8. The van der Waals surface area contributed by atoms with E-state index in [1.165, 1.54) is 6.07 Å². The molecule has 1 aliphatic heterocycles. The predicted molar refractivity (Wildman–Crippen MR) is 90.8 cm³/mol. The second kappa shape index (κ2) is 6.36. The van der Waals surface area contributed by atoms with Crippen LogP contribution in [0.15, 0.2) is 30.3 Å². The first-order chi connectivity index (χ1) is 11.3. The van der Waals surface area contributed by atoms with Gasteiger partial charge in [-0.1, -0.05) is 30.7 Å². The molecule has 3 nitrogen and oxygen atoms in total. The molecular formula is C19H20ClFO3. The van der Waals surface area contributed by atoms with Crippen molar-refractivity contribution < 1.29 is 19.0 Å². The summed E-state index contributed by atoms with van der Waals surface area (Å²) >= 11 is 6.40. The van der Waals surface area contributed by atoms with Crippen LogP contribution < -0.4 is 4.74 Å². The first-order valence-electron chi connectivity index (χ1n) is 7.93. The number of benzene rings is 2. The van der Waals surface area contributed by atoms with E-state index < -0.39 is 11.9 Å². The third-order valence-electron chi connectivity index (χ3n) is 4.11. The first kappa shape index (κ1) is 17.2. The molecule has 0 aromatic heterocycles. The van der Waals surface area contributed by atoms with Gasteiger partial charge in [-0.15, -0.1) is 0 Å². The van der Waals surface area contributed by atoms with Gasteiger partial charge in [-0.05, 0) is 41.3 Å². The van der Waals surface area contributed by atoms with Crippen LogP contribution in [0.1, 0.15) is 49.1 Å². The van der Waals surface area contributed by atoms with Crippen LogP contribution in [0.3, 0.4) is 0 Å². The molecule has 0 amide bonds. The van der Waals surface area contributed by atoms with Crippen LogP contribution >= 0.6 is 11.6 Å². The van der Waals surface area contributed by atoms with E-state index >= 15 is 0 Å². The highest BCUT2D eigenvalue weighted by atomic mass is 35.5. The van der Waals surface area contributed by atoms with Crippen molar-refractivity contribution in [3.05, 3.63) is 63.4 Å². The van der Waals surface area contributed by atoms with Crippen molar-refractivity contribution in [1.82, 2.24) is 0 Å². The molecule has 2 aromatic rings. The van der Waals surface area contributed by atoms with E-state index in [9.17, 15) is 9.50 Å². The number of aliphatic hydroxyl groups excluding tert-OH is 1. The number of hydrogen-bond donors (Lipinski definition) is 1. The van der Waals surface area contributed by atoms with E-state index in [0.717, 1.165) is 0 Å². The predicted octanol–water partition coefficient (Wildman–Crippen LogP) is 4.77. The molecule has 0 saturated heterocycles. The number of aryl methyl sites for hydroxylation is 1. The van der Waals surface area contributed by atoms with Gasteiger partial charge in [0.2, 0.25) is 5.79 Å². The van der Waals surface area contributed by atoms with Gasteiger partial charge in [0, 0.05) is 19.4 Å². The summed E-state index contributed by atoms with van der Waals surface area (Å²) in [4.78, 5) is 0. The SMILES string of the molecule is CCc1ccc(C2OC(C)(C)Oc3cc(CO)cc(Cl)c32)cc1F. The van der Waals surface area contributed by atoms with Crippen molar-refractivity contribution >= 4 is 11.6 Å². The molecule has 0 radical (unpaired) electrons. The molecule has 1 aliphatic rings. The quantitative estimate of drug-likeness (QED) is 0.866. The average molecular weight is 351 g/mol. The Morgan fingerprint density at radius 3 is 2.62 bits per heavy atom. The lowest BCUT2D eigenvalue weighted by molar-refractivity contribution is -0.196. The highest BCUT2D eigenvalue weighted by Crippen LogP contribution is 2.46. The minimum atomic E-state index is -0.894. The van der Waals surface area contributed by atoms with Crippen molar-refractivity contribution in [1.29, 1.82) is 0 Å². The largest absolute Gasteiger partial charge is 0.462 e. The van der Waals surface area contributed by atoms with E-state index in [1.54, 1.807) is 32.0 Å². The van der Waals surface area contributed by atoms with E-state index in [-0.39, 0.29) is 12.4 Å². The van der Waals surface area contributed by atoms with Gasteiger partial charge in [-0.3, -0.25) is 0 Å². The summed E-state index contributed by atoms with van der Waals surface area (Å²) in [6.45, 7) is 5.36. The zero-order chi connectivity index (χ0) is 17.5. The third kappa shape index (κ3) is 3.14. The smallest absolute Gasteiger partial charge is 0.205 e. The van der Waals surface area contributed by atoms with Gasteiger partial charge in [-0.25, -0.2) is 4.39 Å². The molecule has 1 heterocycles. The second-order valence-electron chi connectivity index (χ2n) is 6.35. The van der Waals surface area contributed by atoms with Crippen LogP contribution in [0.25, 0.3) is 0 Å². The Hall–Kier alpha value is -1.62. The summed E-state index contributed by atoms with van der Waals surface area (Å²) in [5.41, 5.74) is 2.65. The number of halogens is 2. The number of aliphatic hydroxyl groups is 1. The van der Waals surface area contributed by atoms with Crippen LogP contribution in [0.5, 0.6) is 5.75 Å². The molecule has 5 heteroatoms. The molecule has 1 N–H and O–H groups in total. The van der Waals surface area contributed by atoms with E-state index in [2.05, 4.69) is 0 Å². The minimum Gasteiger partial charge on any atom is -0.462 e.